The number of hydrogen-bond donors (Lipinski definition) is 1. The Morgan fingerprint density at radius 1 is 1.24 bits per heavy atom. The first-order chi connectivity index (χ1) is 8.27. The zero-order chi connectivity index (χ0) is 12.1. The van der Waals surface area contributed by atoms with Gasteiger partial charge in [0.1, 0.15) is 5.82 Å². The first-order valence-corrected chi connectivity index (χ1v) is 5.65. The molecule has 0 aliphatic rings. The third kappa shape index (κ3) is 3.03. The van der Waals surface area contributed by atoms with Gasteiger partial charge in [0, 0.05) is 18.9 Å². The van der Waals surface area contributed by atoms with Crippen molar-refractivity contribution in [2.45, 2.75) is 13.3 Å². The van der Waals surface area contributed by atoms with Crippen molar-refractivity contribution in [3.8, 4) is 0 Å². The van der Waals surface area contributed by atoms with Gasteiger partial charge >= 0.3 is 0 Å². The van der Waals surface area contributed by atoms with Crippen LogP contribution in [0.4, 0.5) is 10.1 Å². The monoisotopic (exact) mass is 230 g/mol. The molecule has 1 aromatic heterocycles. The van der Waals surface area contributed by atoms with E-state index >= 15 is 0 Å². The molecule has 0 bridgehead atoms. The molecule has 3 heteroatoms. The maximum atomic E-state index is 13.5. The first kappa shape index (κ1) is 11.6. The summed E-state index contributed by atoms with van der Waals surface area (Å²) in [6.07, 6.45) is 4.41. The number of para-hydroxylation sites is 1. The van der Waals surface area contributed by atoms with E-state index in [0.29, 0.717) is 12.2 Å². The van der Waals surface area contributed by atoms with Crippen LogP contribution in [0, 0.1) is 12.7 Å². The number of aromatic nitrogens is 1. The summed E-state index contributed by atoms with van der Waals surface area (Å²) in [5.74, 6) is -0.198. The van der Waals surface area contributed by atoms with E-state index in [9.17, 15) is 4.39 Å². The van der Waals surface area contributed by atoms with E-state index in [1.54, 1.807) is 12.3 Å². The summed E-state index contributed by atoms with van der Waals surface area (Å²) < 4.78 is 13.5. The standard InChI is InChI=1S/C14H15FN2/c1-11-4-2-6-13(15)14(11)17-9-7-12-5-3-8-16-10-12/h2-6,8,10,17H,7,9H2,1H3. The zero-order valence-corrected chi connectivity index (χ0v) is 9.78. The van der Waals surface area contributed by atoms with Crippen molar-refractivity contribution in [1.82, 2.24) is 4.98 Å². The van der Waals surface area contributed by atoms with Crippen molar-refractivity contribution in [1.29, 1.82) is 0 Å². The molecule has 1 aromatic carbocycles. The Labute approximate surface area is 101 Å². The molecule has 2 nitrogen and oxygen atoms in total. The van der Waals surface area contributed by atoms with E-state index in [0.717, 1.165) is 17.5 Å². The molecule has 0 spiro atoms. The van der Waals surface area contributed by atoms with E-state index < -0.39 is 0 Å². The van der Waals surface area contributed by atoms with Gasteiger partial charge in [0.05, 0.1) is 5.69 Å². The highest BCUT2D eigenvalue weighted by Crippen LogP contribution is 2.18. The summed E-state index contributed by atoms with van der Waals surface area (Å²) in [4.78, 5) is 4.04. The van der Waals surface area contributed by atoms with E-state index in [4.69, 9.17) is 0 Å². The van der Waals surface area contributed by atoms with Gasteiger partial charge in [-0.1, -0.05) is 18.2 Å². The summed E-state index contributed by atoms with van der Waals surface area (Å²) in [5.41, 5.74) is 2.67. The van der Waals surface area contributed by atoms with Crippen molar-refractivity contribution < 1.29 is 4.39 Å². The van der Waals surface area contributed by atoms with Crippen LogP contribution >= 0.6 is 0 Å². The van der Waals surface area contributed by atoms with Gasteiger partial charge in [0.15, 0.2) is 0 Å². The van der Waals surface area contributed by atoms with Crippen molar-refractivity contribution in [2.75, 3.05) is 11.9 Å². The second kappa shape index (κ2) is 5.43. The molecule has 1 heterocycles. The predicted molar refractivity (Wildman–Crippen MR) is 67.6 cm³/mol. The Balaban J connectivity index is 1.95. The van der Waals surface area contributed by atoms with Gasteiger partial charge in [-0.3, -0.25) is 4.98 Å². The maximum absolute atomic E-state index is 13.5. The minimum absolute atomic E-state index is 0.198. The predicted octanol–water partition coefficient (Wildman–Crippen LogP) is 3.18. The molecule has 0 aliphatic carbocycles. The van der Waals surface area contributed by atoms with Crippen LogP contribution in [0.15, 0.2) is 42.7 Å². The van der Waals surface area contributed by atoms with E-state index in [2.05, 4.69) is 10.3 Å². The van der Waals surface area contributed by atoms with Gasteiger partial charge in [-0.2, -0.15) is 0 Å². The fraction of sp³-hybridized carbons (Fsp3) is 0.214. The molecule has 88 valence electrons. The summed E-state index contributed by atoms with van der Waals surface area (Å²) in [6, 6.07) is 9.01. The molecule has 0 fully saturated rings. The number of nitrogens with one attached hydrogen (secondary N) is 1. The van der Waals surface area contributed by atoms with Crippen LogP contribution in [0.25, 0.3) is 0 Å². The molecule has 0 radical (unpaired) electrons. The number of nitrogens with zero attached hydrogens (tertiary/aromatic N) is 1. The van der Waals surface area contributed by atoms with Crippen LogP contribution < -0.4 is 5.32 Å². The summed E-state index contributed by atoms with van der Waals surface area (Å²) >= 11 is 0. The van der Waals surface area contributed by atoms with Crippen LogP contribution in [0.2, 0.25) is 0 Å². The van der Waals surface area contributed by atoms with E-state index in [1.165, 1.54) is 6.07 Å². The third-order valence-electron chi connectivity index (χ3n) is 2.66. The third-order valence-corrected chi connectivity index (χ3v) is 2.66. The number of rotatable bonds is 4. The Morgan fingerprint density at radius 2 is 2.12 bits per heavy atom. The highest BCUT2D eigenvalue weighted by atomic mass is 19.1. The fourth-order valence-electron chi connectivity index (χ4n) is 1.73. The maximum Gasteiger partial charge on any atom is 0.146 e. The van der Waals surface area contributed by atoms with Crippen LogP contribution in [-0.2, 0) is 6.42 Å². The molecule has 0 saturated carbocycles. The van der Waals surface area contributed by atoms with Gasteiger partial charge in [0.25, 0.3) is 0 Å². The van der Waals surface area contributed by atoms with Gasteiger partial charge in [-0.15, -0.1) is 0 Å². The number of aryl methyl sites for hydroxylation is 1. The lowest BCUT2D eigenvalue weighted by atomic mass is 10.1. The van der Waals surface area contributed by atoms with Crippen LogP contribution in [0.3, 0.4) is 0 Å². The molecule has 17 heavy (non-hydrogen) atoms. The number of benzene rings is 1. The van der Waals surface area contributed by atoms with Gasteiger partial charge in [-0.25, -0.2) is 4.39 Å². The lowest BCUT2D eigenvalue weighted by Gasteiger charge is -2.10. The lowest BCUT2D eigenvalue weighted by Crippen LogP contribution is -2.07. The second-order valence-electron chi connectivity index (χ2n) is 3.97. The molecule has 0 amide bonds. The number of pyridine rings is 1. The molecule has 2 rings (SSSR count). The summed E-state index contributed by atoms with van der Waals surface area (Å²) in [6.45, 7) is 2.60. The first-order valence-electron chi connectivity index (χ1n) is 5.65. The van der Waals surface area contributed by atoms with Gasteiger partial charge in [0.2, 0.25) is 0 Å². The Morgan fingerprint density at radius 3 is 2.82 bits per heavy atom. The number of hydrogen-bond acceptors (Lipinski definition) is 2. The Hall–Kier alpha value is -1.90. The summed E-state index contributed by atoms with van der Waals surface area (Å²) in [7, 11) is 0. The SMILES string of the molecule is Cc1cccc(F)c1NCCc1cccnc1. The van der Waals surface area contributed by atoms with Crippen molar-refractivity contribution in [3.63, 3.8) is 0 Å². The molecule has 2 aromatic rings. The van der Waals surface area contributed by atoms with Gasteiger partial charge < -0.3 is 5.32 Å². The second-order valence-corrected chi connectivity index (χ2v) is 3.97. The smallest absolute Gasteiger partial charge is 0.146 e. The van der Waals surface area contributed by atoms with Crippen molar-refractivity contribution in [3.05, 3.63) is 59.7 Å². The minimum Gasteiger partial charge on any atom is -0.382 e. The molecule has 1 N–H and O–H groups in total. The highest BCUT2D eigenvalue weighted by Gasteiger charge is 2.03. The quantitative estimate of drug-likeness (QED) is 0.872. The topological polar surface area (TPSA) is 24.9 Å². The van der Waals surface area contributed by atoms with E-state index in [-0.39, 0.29) is 5.82 Å². The fourth-order valence-corrected chi connectivity index (χ4v) is 1.73. The van der Waals surface area contributed by atoms with E-state index in [1.807, 2.05) is 31.3 Å². The summed E-state index contributed by atoms with van der Waals surface area (Å²) in [5, 5.41) is 3.13. The van der Waals surface area contributed by atoms with Crippen LogP contribution in [0.5, 0.6) is 0 Å². The molecule has 0 unspecified atom stereocenters. The molecule has 0 saturated heterocycles. The Kier molecular flexibility index (Phi) is 3.70. The normalized spacial score (nSPS) is 10.2. The van der Waals surface area contributed by atoms with Crippen LogP contribution in [0.1, 0.15) is 11.1 Å². The average molecular weight is 230 g/mol. The zero-order valence-electron chi connectivity index (χ0n) is 9.78. The molecule has 0 aliphatic heterocycles. The Bertz CT molecular complexity index is 463. The van der Waals surface area contributed by atoms with Crippen molar-refractivity contribution >= 4 is 5.69 Å². The highest BCUT2D eigenvalue weighted by molar-refractivity contribution is 5.51. The lowest BCUT2D eigenvalue weighted by molar-refractivity contribution is 0.629. The molecular weight excluding hydrogens is 215 g/mol. The van der Waals surface area contributed by atoms with Crippen LogP contribution in [-0.4, -0.2) is 11.5 Å². The minimum atomic E-state index is -0.198. The number of anilines is 1. The van der Waals surface area contributed by atoms with Crippen molar-refractivity contribution in [2.24, 2.45) is 0 Å². The van der Waals surface area contributed by atoms with Gasteiger partial charge in [-0.05, 0) is 36.6 Å². The number of halogens is 1. The average Bonchev–Trinajstić information content (AvgIpc) is 2.34. The molecular formula is C14H15FN2. The largest absolute Gasteiger partial charge is 0.382 e. The molecule has 0 atom stereocenters.